The van der Waals surface area contributed by atoms with Gasteiger partial charge >= 0.3 is 5.97 Å². The maximum Gasteiger partial charge on any atom is 0.311 e. The molecule has 0 N–H and O–H groups in total. The van der Waals surface area contributed by atoms with Crippen LogP contribution in [0.3, 0.4) is 0 Å². The van der Waals surface area contributed by atoms with Crippen molar-refractivity contribution in [3.05, 3.63) is 0 Å². The van der Waals surface area contributed by atoms with E-state index in [1.807, 2.05) is 6.92 Å². The van der Waals surface area contributed by atoms with Gasteiger partial charge in [0.1, 0.15) is 0 Å². The molecule has 4 rings (SSSR count). The molecule has 3 heteroatoms. The lowest BCUT2D eigenvalue weighted by atomic mass is 9.80. The number of hydrogen-bond donors (Lipinski definition) is 0. The van der Waals surface area contributed by atoms with Gasteiger partial charge < -0.3 is 9.47 Å². The van der Waals surface area contributed by atoms with Gasteiger partial charge in [0.15, 0.2) is 6.29 Å². The summed E-state index contributed by atoms with van der Waals surface area (Å²) in [5, 5.41) is 0. The third kappa shape index (κ3) is 3.81. The molecule has 7 unspecified atom stereocenters. The van der Waals surface area contributed by atoms with Crippen LogP contribution in [0.15, 0.2) is 0 Å². The van der Waals surface area contributed by atoms with Gasteiger partial charge in [-0.15, -0.1) is 0 Å². The Kier molecular flexibility index (Phi) is 5.03. The fourth-order valence-corrected chi connectivity index (χ4v) is 5.64. The summed E-state index contributed by atoms with van der Waals surface area (Å²) in [7, 11) is 0. The standard InChI is InChI=1S/C21H36O3/c1-12(2)18(11-21(4,5)6)20(22)24-13(3)23-19-16-8-14-7-15(10-16)17(19)9-14/h12-19H,7-11H2,1-6H3. The Balaban J connectivity index is 1.54. The molecule has 4 bridgehead atoms. The summed E-state index contributed by atoms with van der Waals surface area (Å²) in [6, 6.07) is 0. The molecule has 4 saturated carbocycles. The lowest BCUT2D eigenvalue weighted by Gasteiger charge is -2.34. The van der Waals surface area contributed by atoms with Crippen LogP contribution in [-0.2, 0) is 14.3 Å². The van der Waals surface area contributed by atoms with Gasteiger partial charge in [0.2, 0.25) is 0 Å². The Labute approximate surface area is 147 Å². The second-order valence-corrected chi connectivity index (χ2v) is 10.2. The molecule has 0 amide bonds. The monoisotopic (exact) mass is 336 g/mol. The maximum absolute atomic E-state index is 12.7. The average Bonchev–Trinajstić information content (AvgIpc) is 2.85. The minimum atomic E-state index is -0.415. The van der Waals surface area contributed by atoms with Crippen molar-refractivity contribution in [2.45, 2.75) is 86.0 Å². The summed E-state index contributed by atoms with van der Waals surface area (Å²) in [4.78, 5) is 12.7. The first-order valence-electron chi connectivity index (χ1n) is 10.00. The lowest BCUT2D eigenvalue weighted by molar-refractivity contribution is -0.201. The Morgan fingerprint density at radius 3 is 2.29 bits per heavy atom. The van der Waals surface area contributed by atoms with Gasteiger partial charge in [0, 0.05) is 0 Å². The van der Waals surface area contributed by atoms with E-state index in [2.05, 4.69) is 34.6 Å². The van der Waals surface area contributed by atoms with E-state index in [9.17, 15) is 4.79 Å². The summed E-state index contributed by atoms with van der Waals surface area (Å²) in [5.74, 6) is 3.43. The molecule has 4 aliphatic carbocycles. The highest BCUT2D eigenvalue weighted by molar-refractivity contribution is 5.72. The van der Waals surface area contributed by atoms with Crippen LogP contribution in [0.1, 0.15) is 73.6 Å². The lowest BCUT2D eigenvalue weighted by Crippen LogP contribution is -2.36. The number of ether oxygens (including phenoxy) is 2. The van der Waals surface area contributed by atoms with E-state index in [4.69, 9.17) is 9.47 Å². The summed E-state index contributed by atoms with van der Waals surface area (Å²) < 4.78 is 12.0. The highest BCUT2D eigenvalue weighted by Crippen LogP contribution is 2.59. The van der Waals surface area contributed by atoms with Crippen LogP contribution in [-0.4, -0.2) is 18.4 Å². The molecular weight excluding hydrogens is 300 g/mol. The molecule has 0 aromatic rings. The van der Waals surface area contributed by atoms with Gasteiger partial charge in [-0.2, -0.15) is 0 Å². The minimum absolute atomic E-state index is 0.0491. The minimum Gasteiger partial charge on any atom is -0.436 e. The van der Waals surface area contributed by atoms with E-state index in [0.717, 1.165) is 24.2 Å². The maximum atomic E-state index is 12.7. The second-order valence-electron chi connectivity index (χ2n) is 10.2. The van der Waals surface area contributed by atoms with Crippen LogP contribution in [0.25, 0.3) is 0 Å². The van der Waals surface area contributed by atoms with Crippen molar-refractivity contribution in [3.63, 3.8) is 0 Å². The number of rotatable bonds is 6. The van der Waals surface area contributed by atoms with Crippen LogP contribution in [0.2, 0.25) is 0 Å². The zero-order chi connectivity index (χ0) is 17.6. The van der Waals surface area contributed by atoms with E-state index in [-0.39, 0.29) is 17.3 Å². The van der Waals surface area contributed by atoms with Crippen molar-refractivity contribution in [1.82, 2.24) is 0 Å². The second kappa shape index (κ2) is 6.63. The summed E-state index contributed by atoms with van der Waals surface area (Å²) in [6.45, 7) is 12.7. The topological polar surface area (TPSA) is 35.5 Å². The normalized spacial score (nSPS) is 37.0. The van der Waals surface area contributed by atoms with Crippen molar-refractivity contribution in [2.24, 2.45) is 40.9 Å². The number of hydrogen-bond acceptors (Lipinski definition) is 3. The van der Waals surface area contributed by atoms with Crippen molar-refractivity contribution in [3.8, 4) is 0 Å². The molecule has 4 fully saturated rings. The van der Waals surface area contributed by atoms with E-state index in [1.165, 1.54) is 25.7 Å². The Morgan fingerprint density at radius 2 is 1.71 bits per heavy atom. The average molecular weight is 337 g/mol. The molecule has 4 aliphatic rings. The quantitative estimate of drug-likeness (QED) is 0.504. The van der Waals surface area contributed by atoms with Gasteiger partial charge in [0.05, 0.1) is 12.0 Å². The summed E-state index contributed by atoms with van der Waals surface area (Å²) in [6.07, 6.45) is 6.19. The van der Waals surface area contributed by atoms with Crippen LogP contribution >= 0.6 is 0 Å². The Hall–Kier alpha value is -0.570. The Bertz CT molecular complexity index is 460. The molecule has 7 atom stereocenters. The van der Waals surface area contributed by atoms with Gasteiger partial charge in [0.25, 0.3) is 0 Å². The van der Waals surface area contributed by atoms with Crippen LogP contribution in [0.5, 0.6) is 0 Å². The first-order valence-corrected chi connectivity index (χ1v) is 10.00. The van der Waals surface area contributed by atoms with E-state index < -0.39 is 6.29 Å². The summed E-state index contributed by atoms with van der Waals surface area (Å²) >= 11 is 0. The summed E-state index contributed by atoms with van der Waals surface area (Å²) in [5.41, 5.74) is 0.127. The van der Waals surface area contributed by atoms with Gasteiger partial charge in [-0.1, -0.05) is 34.6 Å². The van der Waals surface area contributed by atoms with Crippen molar-refractivity contribution in [1.29, 1.82) is 0 Å². The smallest absolute Gasteiger partial charge is 0.311 e. The Morgan fingerprint density at radius 1 is 1.04 bits per heavy atom. The largest absolute Gasteiger partial charge is 0.436 e. The first kappa shape index (κ1) is 18.2. The molecule has 0 aliphatic heterocycles. The number of carbonyl (C=O) groups is 1. The third-order valence-corrected chi connectivity index (χ3v) is 6.55. The molecule has 138 valence electrons. The van der Waals surface area contributed by atoms with Gasteiger partial charge in [-0.25, -0.2) is 0 Å². The fraction of sp³-hybridized carbons (Fsp3) is 0.952. The van der Waals surface area contributed by atoms with Crippen LogP contribution in [0.4, 0.5) is 0 Å². The van der Waals surface area contributed by atoms with Crippen molar-refractivity contribution < 1.29 is 14.3 Å². The molecular formula is C21H36O3. The molecule has 0 saturated heterocycles. The van der Waals surface area contributed by atoms with Crippen LogP contribution < -0.4 is 0 Å². The highest BCUT2D eigenvalue weighted by Gasteiger charge is 2.54. The molecule has 0 aromatic carbocycles. The molecule has 0 heterocycles. The number of esters is 1. The first-order chi connectivity index (χ1) is 11.1. The molecule has 24 heavy (non-hydrogen) atoms. The predicted octanol–water partition coefficient (Wildman–Crippen LogP) is 5.04. The van der Waals surface area contributed by atoms with Gasteiger partial charge in [-0.05, 0) is 74.0 Å². The molecule has 0 radical (unpaired) electrons. The highest BCUT2D eigenvalue weighted by atomic mass is 16.7. The SMILES string of the molecule is CC(OC(=O)C(CC(C)(C)C)C(C)C)OC1C2CC3CC(C2)C1C3. The van der Waals surface area contributed by atoms with E-state index >= 15 is 0 Å². The predicted molar refractivity (Wildman–Crippen MR) is 95.3 cm³/mol. The molecule has 0 aromatic heterocycles. The van der Waals surface area contributed by atoms with Crippen molar-refractivity contribution in [2.75, 3.05) is 0 Å². The van der Waals surface area contributed by atoms with E-state index in [0.29, 0.717) is 17.9 Å². The molecule has 3 nitrogen and oxygen atoms in total. The van der Waals surface area contributed by atoms with Crippen molar-refractivity contribution >= 4 is 5.97 Å². The zero-order valence-electron chi connectivity index (χ0n) is 16.4. The van der Waals surface area contributed by atoms with E-state index in [1.54, 1.807) is 0 Å². The molecule has 0 spiro atoms. The van der Waals surface area contributed by atoms with Gasteiger partial charge in [-0.3, -0.25) is 4.79 Å². The van der Waals surface area contributed by atoms with Crippen LogP contribution in [0, 0.1) is 40.9 Å². The third-order valence-electron chi connectivity index (χ3n) is 6.55. The fourth-order valence-electron chi connectivity index (χ4n) is 5.64. The zero-order valence-corrected chi connectivity index (χ0v) is 16.4. The number of carbonyl (C=O) groups excluding carboxylic acids is 1.